The summed E-state index contributed by atoms with van der Waals surface area (Å²) in [5.41, 5.74) is -1.08. The van der Waals surface area contributed by atoms with Crippen LogP contribution in [-0.4, -0.2) is 23.6 Å². The third kappa shape index (κ3) is 4.09. The van der Waals surface area contributed by atoms with Crippen LogP contribution in [0.15, 0.2) is 46.1 Å². The molecule has 0 saturated heterocycles. The molecule has 11 heteroatoms. The molecule has 0 radical (unpaired) electrons. The first kappa shape index (κ1) is 19.7. The Hall–Kier alpha value is -3.08. The van der Waals surface area contributed by atoms with Crippen LogP contribution in [0.25, 0.3) is 11.4 Å². The molecule has 0 aliphatic carbocycles. The summed E-state index contributed by atoms with van der Waals surface area (Å²) >= 11 is 0. The van der Waals surface area contributed by atoms with E-state index in [9.17, 15) is 26.4 Å². The summed E-state index contributed by atoms with van der Waals surface area (Å²) in [6.07, 6.45) is -4.73. The first-order chi connectivity index (χ1) is 13.0. The zero-order chi connectivity index (χ0) is 20.7. The van der Waals surface area contributed by atoms with Gasteiger partial charge in [0.2, 0.25) is 0 Å². The van der Waals surface area contributed by atoms with Crippen LogP contribution in [0.4, 0.5) is 18.9 Å². The van der Waals surface area contributed by atoms with E-state index in [1.165, 1.54) is 6.07 Å². The van der Waals surface area contributed by atoms with Crippen LogP contribution in [0, 0.1) is 13.8 Å². The van der Waals surface area contributed by atoms with E-state index in [1.807, 2.05) is 0 Å². The zero-order valence-corrected chi connectivity index (χ0v) is 15.5. The number of nitrogens with one attached hydrogen (secondary N) is 3. The molecule has 0 unspecified atom stereocenters. The summed E-state index contributed by atoms with van der Waals surface area (Å²) in [6.45, 7) is 3.29. The van der Waals surface area contributed by atoms with Crippen molar-refractivity contribution in [2.75, 3.05) is 4.72 Å². The van der Waals surface area contributed by atoms with E-state index in [4.69, 9.17) is 0 Å². The summed E-state index contributed by atoms with van der Waals surface area (Å²) < 4.78 is 67.4. The van der Waals surface area contributed by atoms with Gasteiger partial charge in [-0.05, 0) is 49.2 Å². The smallest absolute Gasteiger partial charge is 0.289 e. The van der Waals surface area contributed by atoms with Crippen molar-refractivity contribution < 1.29 is 21.6 Å². The SMILES string of the molecule is Cc1ccc(C)c(S(=O)(=O)Nc2cc(-c3n[nH]c(=O)[nH]3)cc(C(F)(F)F)c2)c1. The molecule has 28 heavy (non-hydrogen) atoms. The number of aromatic nitrogens is 3. The molecule has 7 nitrogen and oxygen atoms in total. The molecule has 3 aromatic rings. The normalized spacial score (nSPS) is 12.2. The molecular formula is C17H15F3N4O3S. The molecule has 0 bridgehead atoms. The van der Waals surface area contributed by atoms with E-state index in [1.54, 1.807) is 26.0 Å². The van der Waals surface area contributed by atoms with Crippen LogP contribution in [0.1, 0.15) is 16.7 Å². The van der Waals surface area contributed by atoms with Gasteiger partial charge in [0, 0.05) is 5.56 Å². The van der Waals surface area contributed by atoms with Gasteiger partial charge in [-0.1, -0.05) is 12.1 Å². The van der Waals surface area contributed by atoms with Gasteiger partial charge in [-0.25, -0.2) is 18.3 Å². The van der Waals surface area contributed by atoms with Crippen LogP contribution >= 0.6 is 0 Å². The number of alkyl halides is 3. The maximum atomic E-state index is 13.3. The molecule has 0 spiro atoms. The molecule has 148 valence electrons. The minimum atomic E-state index is -4.73. The molecule has 1 heterocycles. The number of H-pyrrole nitrogens is 2. The summed E-state index contributed by atoms with van der Waals surface area (Å²) in [6, 6.07) is 7.36. The van der Waals surface area contributed by atoms with Crippen molar-refractivity contribution in [3.63, 3.8) is 0 Å². The highest BCUT2D eigenvalue weighted by Crippen LogP contribution is 2.34. The Balaban J connectivity index is 2.10. The number of aromatic amines is 2. The van der Waals surface area contributed by atoms with E-state index in [-0.39, 0.29) is 22.0 Å². The largest absolute Gasteiger partial charge is 0.416 e. The van der Waals surface area contributed by atoms with Crippen molar-refractivity contribution in [2.24, 2.45) is 0 Å². The summed E-state index contributed by atoms with van der Waals surface area (Å²) in [5.74, 6) is -0.150. The number of nitrogens with zero attached hydrogens (tertiary/aromatic N) is 1. The molecule has 0 fully saturated rings. The highest BCUT2D eigenvalue weighted by molar-refractivity contribution is 7.92. The Labute approximate surface area is 157 Å². The standard InChI is InChI=1S/C17H15F3N4O3S/c1-9-3-4-10(2)14(5-9)28(26,27)24-13-7-11(15-21-16(25)23-22-15)6-12(8-13)17(18,19)20/h3-8,24H,1-2H3,(H2,21,22,23,25). The Bertz CT molecular complexity index is 1200. The number of benzene rings is 2. The van der Waals surface area contributed by atoms with Crippen molar-refractivity contribution >= 4 is 15.7 Å². The highest BCUT2D eigenvalue weighted by atomic mass is 32.2. The number of rotatable bonds is 4. The predicted molar refractivity (Wildman–Crippen MR) is 96.4 cm³/mol. The first-order valence-corrected chi connectivity index (χ1v) is 9.41. The number of sulfonamides is 1. The monoisotopic (exact) mass is 412 g/mol. The van der Waals surface area contributed by atoms with Crippen molar-refractivity contribution in [1.82, 2.24) is 15.2 Å². The molecule has 0 aliphatic heterocycles. The van der Waals surface area contributed by atoms with E-state index in [0.717, 1.165) is 12.1 Å². The molecular weight excluding hydrogens is 397 g/mol. The average Bonchev–Trinajstić information content (AvgIpc) is 3.02. The Kier molecular flexibility index (Phi) is 4.79. The van der Waals surface area contributed by atoms with E-state index >= 15 is 0 Å². The fraction of sp³-hybridized carbons (Fsp3) is 0.176. The van der Waals surface area contributed by atoms with Crippen LogP contribution in [0.2, 0.25) is 0 Å². The Morgan fingerprint density at radius 1 is 1.07 bits per heavy atom. The lowest BCUT2D eigenvalue weighted by molar-refractivity contribution is -0.137. The number of halogens is 3. The minimum Gasteiger partial charge on any atom is -0.289 e. The second-order valence-corrected chi connectivity index (χ2v) is 7.85. The van der Waals surface area contributed by atoms with Crippen molar-refractivity contribution in [1.29, 1.82) is 0 Å². The lowest BCUT2D eigenvalue weighted by Gasteiger charge is -2.14. The van der Waals surface area contributed by atoms with Crippen LogP contribution in [-0.2, 0) is 16.2 Å². The Morgan fingerprint density at radius 3 is 2.39 bits per heavy atom. The van der Waals surface area contributed by atoms with Gasteiger partial charge in [-0.2, -0.15) is 18.3 Å². The van der Waals surface area contributed by atoms with Crippen LogP contribution < -0.4 is 10.4 Å². The van der Waals surface area contributed by atoms with Crippen molar-refractivity contribution in [3.8, 4) is 11.4 Å². The van der Waals surface area contributed by atoms with Gasteiger partial charge in [-0.15, -0.1) is 0 Å². The lowest BCUT2D eigenvalue weighted by atomic mass is 10.1. The van der Waals surface area contributed by atoms with Gasteiger partial charge in [0.1, 0.15) is 0 Å². The minimum absolute atomic E-state index is 0.0420. The van der Waals surface area contributed by atoms with Gasteiger partial charge >= 0.3 is 11.9 Å². The van der Waals surface area contributed by atoms with Gasteiger partial charge < -0.3 is 0 Å². The Morgan fingerprint density at radius 2 is 1.79 bits per heavy atom. The van der Waals surface area contributed by atoms with Gasteiger partial charge in [0.05, 0.1) is 16.1 Å². The lowest BCUT2D eigenvalue weighted by Crippen LogP contribution is -2.15. The average molecular weight is 412 g/mol. The molecule has 0 amide bonds. The van der Waals surface area contributed by atoms with E-state index < -0.39 is 27.5 Å². The zero-order valence-electron chi connectivity index (χ0n) is 14.7. The molecule has 1 aromatic heterocycles. The summed E-state index contributed by atoms with van der Waals surface area (Å²) in [4.78, 5) is 13.4. The number of hydrogen-bond donors (Lipinski definition) is 3. The molecule has 2 aromatic carbocycles. The van der Waals surface area contributed by atoms with Crippen molar-refractivity contribution in [3.05, 3.63) is 63.6 Å². The molecule has 0 aliphatic rings. The van der Waals surface area contributed by atoms with Crippen LogP contribution in [0.3, 0.4) is 0 Å². The molecule has 3 rings (SSSR count). The highest BCUT2D eigenvalue weighted by Gasteiger charge is 2.32. The third-order valence-electron chi connectivity index (χ3n) is 3.92. The fourth-order valence-electron chi connectivity index (χ4n) is 2.60. The van der Waals surface area contributed by atoms with E-state index in [0.29, 0.717) is 17.2 Å². The molecule has 0 atom stereocenters. The molecule has 0 saturated carbocycles. The third-order valence-corrected chi connectivity index (χ3v) is 5.44. The number of anilines is 1. The number of hydrogen-bond acceptors (Lipinski definition) is 4. The first-order valence-electron chi connectivity index (χ1n) is 7.93. The van der Waals surface area contributed by atoms with Crippen LogP contribution in [0.5, 0.6) is 0 Å². The van der Waals surface area contributed by atoms with Crippen molar-refractivity contribution in [2.45, 2.75) is 24.9 Å². The summed E-state index contributed by atoms with van der Waals surface area (Å²) in [5, 5.41) is 5.64. The topological polar surface area (TPSA) is 108 Å². The maximum absolute atomic E-state index is 13.3. The van der Waals surface area contributed by atoms with Gasteiger partial charge in [-0.3, -0.25) is 9.71 Å². The second kappa shape index (κ2) is 6.82. The fourth-order valence-corrected chi connectivity index (χ4v) is 3.97. The molecule has 3 N–H and O–H groups in total. The second-order valence-electron chi connectivity index (χ2n) is 6.20. The maximum Gasteiger partial charge on any atom is 0.416 e. The van der Waals surface area contributed by atoms with Gasteiger partial charge in [0.15, 0.2) is 5.82 Å². The quantitative estimate of drug-likeness (QED) is 0.612. The predicted octanol–water partition coefficient (Wildman–Crippen LogP) is 3.20. The van der Waals surface area contributed by atoms with E-state index in [2.05, 4.69) is 19.9 Å². The van der Waals surface area contributed by atoms with Gasteiger partial charge in [0.25, 0.3) is 10.0 Å². The summed E-state index contributed by atoms with van der Waals surface area (Å²) in [7, 11) is -4.14. The number of aryl methyl sites for hydroxylation is 2.